The molecular formula is C14H17NO3. The molecule has 4 heteroatoms. The minimum Gasteiger partial charge on any atom is -0.465 e. The summed E-state index contributed by atoms with van der Waals surface area (Å²) in [5.41, 5.74) is 0.987. The number of ether oxygens (including phenoxy) is 1. The zero-order valence-corrected chi connectivity index (χ0v) is 10.6. The Balaban J connectivity index is 2.31. The normalized spacial score (nSPS) is 26.8. The van der Waals surface area contributed by atoms with Crippen LogP contribution in [0.3, 0.4) is 0 Å². The maximum Gasteiger partial charge on any atom is 0.319 e. The second-order valence-electron chi connectivity index (χ2n) is 4.46. The number of carbonyl (C=O) groups excluding carboxylic acids is 2. The predicted molar refractivity (Wildman–Crippen MR) is 66.9 cm³/mol. The van der Waals surface area contributed by atoms with Crippen LogP contribution in [0.15, 0.2) is 30.3 Å². The number of rotatable bonds is 3. The zero-order valence-electron chi connectivity index (χ0n) is 10.6. The predicted octanol–water partition coefficient (Wildman–Crippen LogP) is 1.47. The smallest absolute Gasteiger partial charge is 0.319 e. The molecule has 0 aliphatic carbocycles. The lowest BCUT2D eigenvalue weighted by Crippen LogP contribution is -2.28. The molecule has 3 atom stereocenters. The Labute approximate surface area is 106 Å². The monoisotopic (exact) mass is 247 g/mol. The lowest BCUT2D eigenvalue weighted by molar-refractivity contribution is -0.151. The van der Waals surface area contributed by atoms with Crippen LogP contribution >= 0.6 is 0 Å². The van der Waals surface area contributed by atoms with Crippen molar-refractivity contribution >= 4 is 11.9 Å². The summed E-state index contributed by atoms with van der Waals surface area (Å²) in [6.07, 6.45) is 0. The summed E-state index contributed by atoms with van der Waals surface area (Å²) >= 11 is 0. The van der Waals surface area contributed by atoms with Gasteiger partial charge in [-0.25, -0.2) is 0 Å². The van der Waals surface area contributed by atoms with E-state index in [-0.39, 0.29) is 17.9 Å². The zero-order chi connectivity index (χ0) is 13.1. The highest BCUT2D eigenvalue weighted by Crippen LogP contribution is 2.34. The van der Waals surface area contributed by atoms with Crippen LogP contribution in [0.2, 0.25) is 0 Å². The molecule has 18 heavy (non-hydrogen) atoms. The SMILES string of the molecule is CCOC(=O)[C@@H]1C(=O)NC(C)[C@H]1c1ccccc1. The second kappa shape index (κ2) is 5.21. The number of esters is 1. The first-order valence-corrected chi connectivity index (χ1v) is 6.17. The van der Waals surface area contributed by atoms with Gasteiger partial charge in [-0.05, 0) is 19.4 Å². The molecule has 1 aliphatic rings. The van der Waals surface area contributed by atoms with Gasteiger partial charge >= 0.3 is 5.97 Å². The van der Waals surface area contributed by atoms with Gasteiger partial charge in [0.15, 0.2) is 0 Å². The van der Waals surface area contributed by atoms with E-state index in [2.05, 4.69) is 5.32 Å². The maximum absolute atomic E-state index is 11.9. The Kier molecular flexibility index (Phi) is 3.65. The number of hydrogen-bond donors (Lipinski definition) is 1. The van der Waals surface area contributed by atoms with Crippen LogP contribution in [-0.2, 0) is 14.3 Å². The van der Waals surface area contributed by atoms with Crippen molar-refractivity contribution in [3.05, 3.63) is 35.9 Å². The van der Waals surface area contributed by atoms with Crippen molar-refractivity contribution in [3.8, 4) is 0 Å². The third-order valence-corrected chi connectivity index (χ3v) is 3.28. The van der Waals surface area contributed by atoms with Gasteiger partial charge in [-0.15, -0.1) is 0 Å². The molecule has 1 saturated heterocycles. The van der Waals surface area contributed by atoms with Crippen molar-refractivity contribution in [3.63, 3.8) is 0 Å². The quantitative estimate of drug-likeness (QED) is 0.650. The molecule has 1 heterocycles. The molecular weight excluding hydrogens is 230 g/mol. The van der Waals surface area contributed by atoms with E-state index in [1.165, 1.54) is 0 Å². The van der Waals surface area contributed by atoms with Gasteiger partial charge in [0, 0.05) is 12.0 Å². The van der Waals surface area contributed by atoms with E-state index in [1.807, 2.05) is 37.3 Å². The summed E-state index contributed by atoms with van der Waals surface area (Å²) in [7, 11) is 0. The van der Waals surface area contributed by atoms with Gasteiger partial charge in [-0.3, -0.25) is 9.59 Å². The van der Waals surface area contributed by atoms with E-state index in [4.69, 9.17) is 4.74 Å². The van der Waals surface area contributed by atoms with Gasteiger partial charge in [-0.1, -0.05) is 30.3 Å². The summed E-state index contributed by atoms with van der Waals surface area (Å²) in [6.45, 7) is 3.94. The van der Waals surface area contributed by atoms with Gasteiger partial charge in [0.1, 0.15) is 5.92 Å². The first kappa shape index (κ1) is 12.6. The molecule has 2 rings (SSSR count). The summed E-state index contributed by atoms with van der Waals surface area (Å²) < 4.78 is 5.00. The molecule has 1 aromatic carbocycles. The lowest BCUT2D eigenvalue weighted by atomic mass is 9.84. The molecule has 4 nitrogen and oxygen atoms in total. The third kappa shape index (κ3) is 2.23. The van der Waals surface area contributed by atoms with Crippen LogP contribution in [0.5, 0.6) is 0 Å². The van der Waals surface area contributed by atoms with Crippen LogP contribution in [0.4, 0.5) is 0 Å². The van der Waals surface area contributed by atoms with Crippen LogP contribution in [0, 0.1) is 5.92 Å². The highest BCUT2D eigenvalue weighted by molar-refractivity contribution is 6.01. The Bertz CT molecular complexity index is 444. The summed E-state index contributed by atoms with van der Waals surface area (Å²) in [5, 5.41) is 2.81. The Morgan fingerprint density at radius 1 is 1.33 bits per heavy atom. The molecule has 1 N–H and O–H groups in total. The lowest BCUT2D eigenvalue weighted by Gasteiger charge is -2.19. The Morgan fingerprint density at radius 2 is 2.00 bits per heavy atom. The Hall–Kier alpha value is -1.84. The van der Waals surface area contributed by atoms with Crippen molar-refractivity contribution in [2.24, 2.45) is 5.92 Å². The average molecular weight is 247 g/mol. The number of amides is 1. The molecule has 0 radical (unpaired) electrons. The van der Waals surface area contributed by atoms with Gasteiger partial charge in [0.25, 0.3) is 0 Å². The topological polar surface area (TPSA) is 55.4 Å². The van der Waals surface area contributed by atoms with E-state index in [9.17, 15) is 9.59 Å². The molecule has 0 spiro atoms. The highest BCUT2D eigenvalue weighted by Gasteiger charge is 2.46. The molecule has 0 aromatic heterocycles. The number of benzene rings is 1. The highest BCUT2D eigenvalue weighted by atomic mass is 16.5. The minimum absolute atomic E-state index is 0.0608. The number of hydrogen-bond acceptors (Lipinski definition) is 3. The van der Waals surface area contributed by atoms with Crippen molar-refractivity contribution in [2.75, 3.05) is 6.61 Å². The van der Waals surface area contributed by atoms with Gasteiger partial charge in [0.2, 0.25) is 5.91 Å². The average Bonchev–Trinajstić information content (AvgIpc) is 2.65. The van der Waals surface area contributed by atoms with E-state index in [0.717, 1.165) is 5.56 Å². The molecule has 96 valence electrons. The van der Waals surface area contributed by atoms with Crippen molar-refractivity contribution in [2.45, 2.75) is 25.8 Å². The standard InChI is InChI=1S/C14H17NO3/c1-3-18-14(17)12-11(9(2)15-13(12)16)10-7-5-4-6-8-10/h4-9,11-12H,3H2,1-2H3,(H,15,16)/t9?,11-,12-/m0/s1. The molecule has 1 unspecified atom stereocenters. The van der Waals surface area contributed by atoms with Crippen molar-refractivity contribution in [1.82, 2.24) is 5.32 Å². The number of carbonyl (C=O) groups is 2. The molecule has 1 aromatic rings. The fourth-order valence-electron chi connectivity index (χ4n) is 2.50. The van der Waals surface area contributed by atoms with Crippen molar-refractivity contribution in [1.29, 1.82) is 0 Å². The third-order valence-electron chi connectivity index (χ3n) is 3.28. The van der Waals surface area contributed by atoms with E-state index in [0.29, 0.717) is 6.61 Å². The fraction of sp³-hybridized carbons (Fsp3) is 0.429. The molecule has 1 amide bonds. The van der Waals surface area contributed by atoms with Crippen LogP contribution in [0.25, 0.3) is 0 Å². The second-order valence-corrected chi connectivity index (χ2v) is 4.46. The largest absolute Gasteiger partial charge is 0.465 e. The van der Waals surface area contributed by atoms with Gasteiger partial charge in [-0.2, -0.15) is 0 Å². The molecule has 1 aliphatic heterocycles. The number of nitrogens with one attached hydrogen (secondary N) is 1. The summed E-state index contributed by atoms with van der Waals surface area (Å²) in [6, 6.07) is 9.55. The van der Waals surface area contributed by atoms with Crippen LogP contribution < -0.4 is 5.32 Å². The fourth-order valence-corrected chi connectivity index (χ4v) is 2.50. The van der Waals surface area contributed by atoms with Crippen LogP contribution in [-0.4, -0.2) is 24.5 Å². The van der Waals surface area contributed by atoms with Crippen molar-refractivity contribution < 1.29 is 14.3 Å². The van der Waals surface area contributed by atoms with Gasteiger partial charge in [0.05, 0.1) is 6.61 Å². The van der Waals surface area contributed by atoms with Gasteiger partial charge < -0.3 is 10.1 Å². The van der Waals surface area contributed by atoms with E-state index >= 15 is 0 Å². The first-order chi connectivity index (χ1) is 8.65. The summed E-state index contributed by atoms with van der Waals surface area (Å²) in [5.74, 6) is -1.57. The first-order valence-electron chi connectivity index (χ1n) is 6.17. The van der Waals surface area contributed by atoms with E-state index in [1.54, 1.807) is 6.92 Å². The molecule has 1 fully saturated rings. The van der Waals surface area contributed by atoms with E-state index < -0.39 is 11.9 Å². The van der Waals surface area contributed by atoms with Crippen LogP contribution in [0.1, 0.15) is 25.3 Å². The minimum atomic E-state index is -0.734. The molecule has 0 saturated carbocycles. The maximum atomic E-state index is 11.9. The summed E-state index contributed by atoms with van der Waals surface area (Å²) in [4.78, 5) is 23.8. The Morgan fingerprint density at radius 3 is 2.61 bits per heavy atom. The molecule has 0 bridgehead atoms.